The lowest BCUT2D eigenvalue weighted by Gasteiger charge is -2.30. The first-order chi connectivity index (χ1) is 12.4. The van der Waals surface area contributed by atoms with Gasteiger partial charge in [-0.2, -0.15) is 5.10 Å². The molecule has 0 aliphatic carbocycles. The van der Waals surface area contributed by atoms with E-state index in [0.29, 0.717) is 48.8 Å². The molecule has 2 aromatic rings. The number of primary amides is 1. The fourth-order valence-corrected chi connectivity index (χ4v) is 3.67. The Hall–Kier alpha value is -2.34. The van der Waals surface area contributed by atoms with Gasteiger partial charge in [0.25, 0.3) is 5.91 Å². The highest BCUT2D eigenvalue weighted by molar-refractivity contribution is 6.31. The Morgan fingerprint density at radius 2 is 1.88 bits per heavy atom. The number of piperidine rings is 1. The average molecular weight is 375 g/mol. The summed E-state index contributed by atoms with van der Waals surface area (Å²) in [4.78, 5) is 26.1. The number of hydrogen-bond donors (Lipinski definition) is 1. The maximum Gasteiger partial charge on any atom is 0.257 e. The number of benzene rings is 1. The van der Waals surface area contributed by atoms with Crippen LogP contribution in [0.25, 0.3) is 0 Å². The Labute approximate surface area is 157 Å². The molecule has 0 radical (unpaired) electrons. The van der Waals surface area contributed by atoms with E-state index in [2.05, 4.69) is 5.10 Å². The van der Waals surface area contributed by atoms with Crippen molar-refractivity contribution in [2.75, 3.05) is 13.1 Å². The fourth-order valence-electron chi connectivity index (χ4n) is 3.47. The van der Waals surface area contributed by atoms with Gasteiger partial charge < -0.3 is 10.6 Å². The molecule has 1 aliphatic heterocycles. The molecular weight excluding hydrogens is 352 g/mol. The van der Waals surface area contributed by atoms with Crippen LogP contribution in [0.3, 0.4) is 0 Å². The molecule has 138 valence electrons. The van der Waals surface area contributed by atoms with Gasteiger partial charge in [-0.25, -0.2) is 0 Å². The van der Waals surface area contributed by atoms with Crippen LogP contribution in [-0.2, 0) is 11.3 Å². The topological polar surface area (TPSA) is 81.2 Å². The molecule has 0 unspecified atom stereocenters. The van der Waals surface area contributed by atoms with E-state index < -0.39 is 0 Å². The molecule has 1 aromatic heterocycles. The van der Waals surface area contributed by atoms with Crippen molar-refractivity contribution in [1.29, 1.82) is 0 Å². The third-order valence-corrected chi connectivity index (χ3v) is 5.43. The Balaban J connectivity index is 1.79. The first kappa shape index (κ1) is 18.5. The average Bonchev–Trinajstić information content (AvgIpc) is 2.90. The van der Waals surface area contributed by atoms with E-state index in [9.17, 15) is 9.59 Å². The largest absolute Gasteiger partial charge is 0.369 e. The summed E-state index contributed by atoms with van der Waals surface area (Å²) in [5.41, 5.74) is 8.49. The minimum atomic E-state index is -0.281. The highest BCUT2D eigenvalue weighted by atomic mass is 35.5. The van der Waals surface area contributed by atoms with Crippen LogP contribution < -0.4 is 5.73 Å². The van der Waals surface area contributed by atoms with Gasteiger partial charge in [0.1, 0.15) is 0 Å². The number of carbonyl (C=O) groups is 2. The number of carbonyl (C=O) groups excluding carboxylic acids is 2. The molecule has 1 fully saturated rings. The van der Waals surface area contributed by atoms with Gasteiger partial charge in [0.2, 0.25) is 5.91 Å². The maximum absolute atomic E-state index is 13.0. The van der Waals surface area contributed by atoms with E-state index in [-0.39, 0.29) is 17.7 Å². The number of aromatic nitrogens is 2. The number of halogens is 1. The molecule has 3 rings (SSSR count). The zero-order valence-electron chi connectivity index (χ0n) is 15.0. The first-order valence-electron chi connectivity index (χ1n) is 8.74. The lowest BCUT2D eigenvalue weighted by Crippen LogP contribution is -2.42. The second kappa shape index (κ2) is 7.50. The number of likely N-dealkylation sites (tertiary alicyclic amines) is 1. The molecule has 0 bridgehead atoms. The van der Waals surface area contributed by atoms with Crippen LogP contribution in [0.15, 0.2) is 24.3 Å². The molecule has 0 spiro atoms. The summed E-state index contributed by atoms with van der Waals surface area (Å²) in [5.74, 6) is -0.450. The molecule has 26 heavy (non-hydrogen) atoms. The molecule has 2 amide bonds. The second-order valence-corrected chi connectivity index (χ2v) is 7.17. The fraction of sp³-hybridized carbons (Fsp3) is 0.421. The van der Waals surface area contributed by atoms with Gasteiger partial charge in [-0.1, -0.05) is 29.8 Å². The second-order valence-electron chi connectivity index (χ2n) is 6.76. The number of aryl methyl sites for hydroxylation is 1. The molecular formula is C19H23ClN4O2. The minimum absolute atomic E-state index is 0.0340. The summed E-state index contributed by atoms with van der Waals surface area (Å²) in [6.45, 7) is 5.35. The Morgan fingerprint density at radius 1 is 1.23 bits per heavy atom. The van der Waals surface area contributed by atoms with Crippen molar-refractivity contribution < 1.29 is 9.59 Å². The quantitative estimate of drug-likeness (QED) is 0.892. The molecule has 0 saturated carbocycles. The van der Waals surface area contributed by atoms with Crippen molar-refractivity contribution in [3.63, 3.8) is 0 Å². The predicted octanol–water partition coefficient (Wildman–Crippen LogP) is 2.54. The van der Waals surface area contributed by atoms with Gasteiger partial charge >= 0.3 is 0 Å². The van der Waals surface area contributed by atoms with Crippen molar-refractivity contribution in [3.05, 3.63) is 51.8 Å². The number of amides is 2. The number of nitrogens with zero attached hydrogens (tertiary/aromatic N) is 3. The summed E-state index contributed by atoms with van der Waals surface area (Å²) in [6, 6.07) is 7.62. The molecule has 1 saturated heterocycles. The summed E-state index contributed by atoms with van der Waals surface area (Å²) in [6.07, 6.45) is 1.24. The van der Waals surface area contributed by atoms with E-state index in [0.717, 1.165) is 11.3 Å². The first-order valence-corrected chi connectivity index (χ1v) is 9.12. The Kier molecular flexibility index (Phi) is 5.32. The lowest BCUT2D eigenvalue weighted by molar-refractivity contribution is -0.123. The highest BCUT2D eigenvalue weighted by Crippen LogP contribution is 2.23. The summed E-state index contributed by atoms with van der Waals surface area (Å²) in [7, 11) is 0. The van der Waals surface area contributed by atoms with Crippen LogP contribution in [0.2, 0.25) is 5.02 Å². The lowest BCUT2D eigenvalue weighted by atomic mass is 9.95. The zero-order chi connectivity index (χ0) is 18.8. The van der Waals surface area contributed by atoms with Crippen molar-refractivity contribution in [3.8, 4) is 0 Å². The number of hydrogen-bond acceptors (Lipinski definition) is 3. The molecule has 1 aromatic carbocycles. The van der Waals surface area contributed by atoms with Crippen LogP contribution in [0.1, 0.15) is 40.2 Å². The van der Waals surface area contributed by atoms with Crippen molar-refractivity contribution in [2.24, 2.45) is 11.7 Å². The van der Waals surface area contributed by atoms with E-state index in [1.54, 1.807) is 4.90 Å². The van der Waals surface area contributed by atoms with Crippen molar-refractivity contribution >= 4 is 23.4 Å². The summed E-state index contributed by atoms with van der Waals surface area (Å²) >= 11 is 6.24. The summed E-state index contributed by atoms with van der Waals surface area (Å²) < 4.78 is 1.82. The van der Waals surface area contributed by atoms with Crippen LogP contribution in [0, 0.1) is 19.8 Å². The Morgan fingerprint density at radius 3 is 2.50 bits per heavy atom. The highest BCUT2D eigenvalue weighted by Gasteiger charge is 2.29. The van der Waals surface area contributed by atoms with Gasteiger partial charge in [-0.05, 0) is 38.3 Å². The van der Waals surface area contributed by atoms with Crippen LogP contribution in [0.5, 0.6) is 0 Å². The smallest absolute Gasteiger partial charge is 0.257 e. The van der Waals surface area contributed by atoms with Gasteiger partial charge in [0.15, 0.2) is 0 Å². The molecule has 7 heteroatoms. The predicted molar refractivity (Wildman–Crippen MR) is 100 cm³/mol. The van der Waals surface area contributed by atoms with Gasteiger partial charge in [0.05, 0.1) is 17.8 Å². The third-order valence-electron chi connectivity index (χ3n) is 5.06. The van der Waals surface area contributed by atoms with Crippen LogP contribution >= 0.6 is 11.6 Å². The van der Waals surface area contributed by atoms with Crippen molar-refractivity contribution in [1.82, 2.24) is 14.7 Å². The van der Waals surface area contributed by atoms with Crippen LogP contribution in [0.4, 0.5) is 0 Å². The molecule has 2 N–H and O–H groups in total. The van der Waals surface area contributed by atoms with Crippen LogP contribution in [-0.4, -0.2) is 39.6 Å². The van der Waals surface area contributed by atoms with E-state index >= 15 is 0 Å². The van der Waals surface area contributed by atoms with Crippen molar-refractivity contribution in [2.45, 2.75) is 33.2 Å². The zero-order valence-corrected chi connectivity index (χ0v) is 15.8. The molecule has 6 nitrogen and oxygen atoms in total. The Bertz CT molecular complexity index is 838. The monoisotopic (exact) mass is 374 g/mol. The maximum atomic E-state index is 13.0. The van der Waals surface area contributed by atoms with Gasteiger partial charge in [-0.15, -0.1) is 0 Å². The third kappa shape index (κ3) is 3.60. The number of nitrogens with two attached hydrogens (primary N) is 1. The van der Waals surface area contributed by atoms with Gasteiger partial charge in [0, 0.05) is 29.7 Å². The molecule has 1 aliphatic rings. The van der Waals surface area contributed by atoms with Gasteiger partial charge in [-0.3, -0.25) is 14.3 Å². The minimum Gasteiger partial charge on any atom is -0.369 e. The summed E-state index contributed by atoms with van der Waals surface area (Å²) in [5, 5.41) is 5.22. The molecule has 2 heterocycles. The standard InChI is InChI=1S/C19H23ClN4O2/c1-12-17(19(26)23-9-7-14(8-10-23)18(21)25)13(2)24(22-12)11-15-5-3-4-6-16(15)20/h3-6,14H,7-11H2,1-2H3,(H2,21,25). The SMILES string of the molecule is Cc1nn(Cc2ccccc2Cl)c(C)c1C(=O)N1CCC(C(N)=O)CC1. The van der Waals surface area contributed by atoms with E-state index in [4.69, 9.17) is 17.3 Å². The normalized spacial score (nSPS) is 15.3. The van der Waals surface area contributed by atoms with E-state index in [1.807, 2.05) is 42.8 Å². The molecule has 0 atom stereocenters. The van der Waals surface area contributed by atoms with E-state index in [1.165, 1.54) is 0 Å². The number of rotatable bonds is 4.